The fraction of sp³-hybridized carbons (Fsp3) is 1.00. The third-order valence-electron chi connectivity index (χ3n) is 5.01. The number of hydrogen-bond acceptors (Lipinski definition) is 5. The Morgan fingerprint density at radius 2 is 2.21 bits per heavy atom. The zero-order chi connectivity index (χ0) is 13.3. The Hall–Kier alpha value is -0.200. The molecule has 3 aliphatic rings. The smallest absolute Gasteiger partial charge is 0.0951 e. The second-order valence-corrected chi connectivity index (χ2v) is 6.37. The minimum absolute atomic E-state index is 0.00537. The Morgan fingerprint density at radius 1 is 1.32 bits per heavy atom. The number of rotatable bonds is 2. The molecule has 3 saturated heterocycles. The average Bonchev–Trinajstić information content (AvgIpc) is 2.86. The van der Waals surface area contributed by atoms with E-state index in [1.165, 1.54) is 0 Å². The molecule has 0 aliphatic carbocycles. The first-order valence-corrected chi connectivity index (χ1v) is 7.58. The van der Waals surface area contributed by atoms with E-state index < -0.39 is 0 Å². The van der Waals surface area contributed by atoms with Crippen LogP contribution in [0.25, 0.3) is 0 Å². The van der Waals surface area contributed by atoms with Crippen LogP contribution in [0, 0.1) is 0 Å². The first-order chi connectivity index (χ1) is 9.22. The van der Waals surface area contributed by atoms with Gasteiger partial charge in [0.25, 0.3) is 0 Å². The van der Waals surface area contributed by atoms with Crippen LogP contribution in [0.2, 0.25) is 0 Å². The van der Waals surface area contributed by atoms with Crippen LogP contribution in [-0.4, -0.2) is 80.5 Å². The van der Waals surface area contributed by atoms with Gasteiger partial charge in [-0.25, -0.2) is 0 Å². The van der Waals surface area contributed by atoms with Crippen molar-refractivity contribution in [2.45, 2.75) is 36.9 Å². The molecule has 3 heterocycles. The highest BCUT2D eigenvalue weighted by Gasteiger charge is 2.44. The highest BCUT2D eigenvalue weighted by atomic mass is 16.6. The predicted molar refractivity (Wildman–Crippen MR) is 74.2 cm³/mol. The lowest BCUT2D eigenvalue weighted by Crippen LogP contribution is -2.60. The first-order valence-electron chi connectivity index (χ1n) is 7.58. The SMILES string of the molecule is CN1CCN(C2CCOC3(CCOC3)C2)C(CN)C1. The number of piperazine rings is 1. The maximum Gasteiger partial charge on any atom is 0.0951 e. The Balaban J connectivity index is 1.67. The lowest BCUT2D eigenvalue weighted by Gasteiger charge is -2.48. The van der Waals surface area contributed by atoms with Crippen LogP contribution in [0.3, 0.4) is 0 Å². The van der Waals surface area contributed by atoms with Crippen molar-refractivity contribution in [1.82, 2.24) is 9.80 Å². The van der Waals surface area contributed by atoms with Gasteiger partial charge in [0.15, 0.2) is 0 Å². The fourth-order valence-corrected chi connectivity index (χ4v) is 3.86. The van der Waals surface area contributed by atoms with Crippen molar-refractivity contribution in [3.05, 3.63) is 0 Å². The number of hydrogen-bond donors (Lipinski definition) is 1. The molecule has 5 heteroatoms. The Labute approximate surface area is 116 Å². The summed E-state index contributed by atoms with van der Waals surface area (Å²) in [5.74, 6) is 0. The molecule has 3 aliphatic heterocycles. The second kappa shape index (κ2) is 5.66. The molecule has 2 N–H and O–H groups in total. The third kappa shape index (κ3) is 2.81. The summed E-state index contributed by atoms with van der Waals surface area (Å²) < 4.78 is 11.6. The summed E-state index contributed by atoms with van der Waals surface area (Å²) in [6, 6.07) is 1.12. The number of ether oxygens (including phenoxy) is 2. The second-order valence-electron chi connectivity index (χ2n) is 6.37. The van der Waals surface area contributed by atoms with Gasteiger partial charge in [0.05, 0.1) is 12.2 Å². The predicted octanol–water partition coefficient (Wildman–Crippen LogP) is -0.101. The van der Waals surface area contributed by atoms with Crippen molar-refractivity contribution in [3.8, 4) is 0 Å². The van der Waals surface area contributed by atoms with E-state index in [2.05, 4.69) is 16.8 Å². The number of nitrogens with two attached hydrogens (primary N) is 1. The van der Waals surface area contributed by atoms with Crippen molar-refractivity contribution in [2.75, 3.05) is 53.0 Å². The van der Waals surface area contributed by atoms with Gasteiger partial charge in [0.1, 0.15) is 0 Å². The monoisotopic (exact) mass is 269 g/mol. The van der Waals surface area contributed by atoms with Crippen molar-refractivity contribution in [1.29, 1.82) is 0 Å². The molecule has 0 bridgehead atoms. The standard InChI is InChI=1S/C14H27N3O2/c1-16-4-5-17(13(9-15)10-16)12-2-6-19-14(8-12)3-7-18-11-14/h12-13H,2-11,15H2,1H3. The van der Waals surface area contributed by atoms with E-state index >= 15 is 0 Å². The molecule has 0 aromatic carbocycles. The summed E-state index contributed by atoms with van der Waals surface area (Å²) in [6.07, 6.45) is 3.32. The molecular weight excluding hydrogens is 242 g/mol. The summed E-state index contributed by atoms with van der Waals surface area (Å²) in [4.78, 5) is 5.03. The van der Waals surface area contributed by atoms with Crippen LogP contribution in [0.4, 0.5) is 0 Å². The summed E-state index contributed by atoms with van der Waals surface area (Å²) in [5, 5.41) is 0. The molecule has 5 nitrogen and oxygen atoms in total. The lowest BCUT2D eigenvalue weighted by atomic mass is 9.88. The van der Waals surface area contributed by atoms with E-state index in [4.69, 9.17) is 15.2 Å². The Morgan fingerprint density at radius 3 is 2.95 bits per heavy atom. The molecule has 3 rings (SSSR count). The molecule has 0 aromatic heterocycles. The number of likely N-dealkylation sites (N-methyl/N-ethyl adjacent to an activating group) is 1. The molecule has 3 unspecified atom stereocenters. The quantitative estimate of drug-likeness (QED) is 0.758. The minimum Gasteiger partial charge on any atom is -0.378 e. The Kier molecular flexibility index (Phi) is 4.10. The van der Waals surface area contributed by atoms with Crippen molar-refractivity contribution < 1.29 is 9.47 Å². The van der Waals surface area contributed by atoms with Crippen LogP contribution >= 0.6 is 0 Å². The van der Waals surface area contributed by atoms with Gasteiger partial charge in [0, 0.05) is 57.9 Å². The molecular formula is C14H27N3O2. The van der Waals surface area contributed by atoms with E-state index in [-0.39, 0.29) is 5.60 Å². The van der Waals surface area contributed by atoms with Crippen LogP contribution in [0.5, 0.6) is 0 Å². The molecule has 3 atom stereocenters. The molecule has 0 amide bonds. The van der Waals surface area contributed by atoms with Crippen LogP contribution in [-0.2, 0) is 9.47 Å². The zero-order valence-corrected chi connectivity index (χ0v) is 12.0. The maximum atomic E-state index is 6.04. The van der Waals surface area contributed by atoms with Gasteiger partial charge in [-0.3, -0.25) is 4.90 Å². The topological polar surface area (TPSA) is 51.0 Å². The first kappa shape index (κ1) is 13.8. The van der Waals surface area contributed by atoms with Gasteiger partial charge < -0.3 is 20.1 Å². The summed E-state index contributed by atoms with van der Waals surface area (Å²) in [6.45, 7) is 6.65. The number of nitrogens with zero attached hydrogens (tertiary/aromatic N) is 2. The van der Waals surface area contributed by atoms with E-state index in [9.17, 15) is 0 Å². The molecule has 19 heavy (non-hydrogen) atoms. The van der Waals surface area contributed by atoms with Crippen LogP contribution in [0.15, 0.2) is 0 Å². The zero-order valence-electron chi connectivity index (χ0n) is 12.0. The minimum atomic E-state index is 0.00537. The highest BCUT2D eigenvalue weighted by molar-refractivity contribution is 4.96. The van der Waals surface area contributed by atoms with Crippen LogP contribution < -0.4 is 5.73 Å². The van der Waals surface area contributed by atoms with E-state index in [1.54, 1.807) is 0 Å². The highest BCUT2D eigenvalue weighted by Crippen LogP contribution is 2.35. The molecule has 0 aromatic rings. The summed E-state index contributed by atoms with van der Waals surface area (Å²) in [5.41, 5.74) is 5.99. The van der Waals surface area contributed by atoms with Gasteiger partial charge in [-0.1, -0.05) is 0 Å². The third-order valence-corrected chi connectivity index (χ3v) is 5.01. The Bertz CT molecular complexity index is 307. The average molecular weight is 269 g/mol. The van der Waals surface area contributed by atoms with E-state index in [0.717, 1.165) is 65.3 Å². The van der Waals surface area contributed by atoms with E-state index in [1.807, 2.05) is 0 Å². The van der Waals surface area contributed by atoms with Crippen molar-refractivity contribution in [3.63, 3.8) is 0 Å². The van der Waals surface area contributed by atoms with Crippen molar-refractivity contribution in [2.24, 2.45) is 5.73 Å². The van der Waals surface area contributed by atoms with Gasteiger partial charge in [-0.05, 0) is 19.9 Å². The molecule has 3 fully saturated rings. The van der Waals surface area contributed by atoms with Crippen molar-refractivity contribution >= 4 is 0 Å². The van der Waals surface area contributed by atoms with Gasteiger partial charge in [0.2, 0.25) is 0 Å². The molecule has 1 spiro atoms. The summed E-state index contributed by atoms with van der Waals surface area (Å²) in [7, 11) is 2.19. The summed E-state index contributed by atoms with van der Waals surface area (Å²) >= 11 is 0. The molecule has 0 saturated carbocycles. The van der Waals surface area contributed by atoms with Gasteiger partial charge in [-0.2, -0.15) is 0 Å². The molecule has 110 valence electrons. The maximum absolute atomic E-state index is 6.04. The van der Waals surface area contributed by atoms with E-state index in [0.29, 0.717) is 12.1 Å². The molecule has 0 radical (unpaired) electrons. The van der Waals surface area contributed by atoms with Crippen LogP contribution in [0.1, 0.15) is 19.3 Å². The normalized spacial score (nSPS) is 42.0. The van der Waals surface area contributed by atoms with Gasteiger partial charge in [-0.15, -0.1) is 0 Å². The largest absolute Gasteiger partial charge is 0.378 e. The van der Waals surface area contributed by atoms with Gasteiger partial charge >= 0.3 is 0 Å². The fourth-order valence-electron chi connectivity index (χ4n) is 3.86. The lowest BCUT2D eigenvalue weighted by molar-refractivity contribution is -0.115.